The molecule has 0 amide bonds. The van der Waals surface area contributed by atoms with Crippen LogP contribution in [0.25, 0.3) is 0 Å². The van der Waals surface area contributed by atoms with Gasteiger partial charge in [0.25, 0.3) is 0 Å². The van der Waals surface area contributed by atoms with Crippen LogP contribution in [0.3, 0.4) is 0 Å². The van der Waals surface area contributed by atoms with Crippen molar-refractivity contribution < 1.29 is 9.47 Å². The Balaban J connectivity index is 2.37. The molecule has 0 radical (unpaired) electrons. The number of likely N-dealkylation sites (N-methyl/N-ethyl adjacent to an activating group) is 1. The van der Waals surface area contributed by atoms with Gasteiger partial charge < -0.3 is 14.8 Å². The van der Waals surface area contributed by atoms with Crippen molar-refractivity contribution in [1.29, 1.82) is 0 Å². The van der Waals surface area contributed by atoms with Crippen molar-refractivity contribution in [2.24, 2.45) is 0 Å². The van der Waals surface area contributed by atoms with Crippen molar-refractivity contribution in [3.8, 4) is 11.5 Å². The second-order valence-corrected chi connectivity index (χ2v) is 7.14. The number of ether oxygens (including phenoxy) is 2. The van der Waals surface area contributed by atoms with Gasteiger partial charge in [-0.2, -0.15) is 0 Å². The molecule has 1 atom stereocenters. The highest BCUT2D eigenvalue weighted by atomic mass is 79.9. The van der Waals surface area contributed by atoms with Crippen LogP contribution in [0, 0.1) is 0 Å². The van der Waals surface area contributed by atoms with E-state index in [0.717, 1.165) is 33.8 Å². The van der Waals surface area contributed by atoms with Gasteiger partial charge in [0.2, 0.25) is 0 Å². The van der Waals surface area contributed by atoms with E-state index in [-0.39, 0.29) is 6.04 Å². The summed E-state index contributed by atoms with van der Waals surface area (Å²) in [6.07, 6.45) is 0.904. The van der Waals surface area contributed by atoms with Crippen LogP contribution in [0.2, 0.25) is 0 Å². The zero-order valence-electron chi connectivity index (χ0n) is 12.5. The van der Waals surface area contributed by atoms with Gasteiger partial charge in [0.1, 0.15) is 11.5 Å². The number of hydrogen-bond acceptors (Lipinski definition) is 4. The van der Waals surface area contributed by atoms with Gasteiger partial charge in [-0.3, -0.25) is 0 Å². The van der Waals surface area contributed by atoms with E-state index in [0.29, 0.717) is 0 Å². The lowest BCUT2D eigenvalue weighted by molar-refractivity contribution is 0.371. The maximum atomic E-state index is 5.53. The molecular weight excluding hydrogens is 350 g/mol. The van der Waals surface area contributed by atoms with E-state index in [2.05, 4.69) is 40.3 Å². The molecule has 1 heterocycles. The Hall–Kier alpha value is -1.04. The minimum absolute atomic E-state index is 0.159. The Kier molecular flexibility index (Phi) is 6.08. The largest absolute Gasteiger partial charge is 0.496 e. The Morgan fingerprint density at radius 1 is 1.14 bits per heavy atom. The molecule has 1 aromatic carbocycles. The number of halogens is 1. The fourth-order valence-corrected chi connectivity index (χ4v) is 3.94. The minimum Gasteiger partial charge on any atom is -0.496 e. The van der Waals surface area contributed by atoms with Crippen LogP contribution in [0.4, 0.5) is 0 Å². The van der Waals surface area contributed by atoms with Crippen LogP contribution < -0.4 is 14.8 Å². The number of nitrogens with one attached hydrogen (secondary N) is 1. The molecule has 0 saturated heterocycles. The number of methoxy groups -OCH3 is 2. The molecule has 2 rings (SSSR count). The first-order valence-corrected chi connectivity index (χ1v) is 8.49. The normalized spacial score (nSPS) is 12.2. The number of thiophene rings is 1. The van der Waals surface area contributed by atoms with E-state index < -0.39 is 0 Å². The van der Waals surface area contributed by atoms with Crippen molar-refractivity contribution >= 4 is 27.3 Å². The van der Waals surface area contributed by atoms with Crippen molar-refractivity contribution in [3.05, 3.63) is 44.6 Å². The van der Waals surface area contributed by atoms with Gasteiger partial charge in [-0.15, -0.1) is 11.3 Å². The molecule has 2 aromatic rings. The summed E-state index contributed by atoms with van der Waals surface area (Å²) in [4.78, 5) is 1.32. The summed E-state index contributed by atoms with van der Waals surface area (Å²) >= 11 is 5.28. The van der Waals surface area contributed by atoms with Crippen LogP contribution in [-0.4, -0.2) is 20.8 Å². The standard InChI is InChI=1S/C16H20BrNO2S/c1-4-18-12(10-11-8-9-15(17)21-11)16-13(19-2)6-5-7-14(16)20-3/h5-9,12,18H,4,10H2,1-3H3. The van der Waals surface area contributed by atoms with Gasteiger partial charge in [-0.1, -0.05) is 13.0 Å². The van der Waals surface area contributed by atoms with E-state index in [1.54, 1.807) is 25.6 Å². The average molecular weight is 370 g/mol. The smallest absolute Gasteiger partial charge is 0.127 e. The van der Waals surface area contributed by atoms with Crippen molar-refractivity contribution in [2.75, 3.05) is 20.8 Å². The van der Waals surface area contributed by atoms with Crippen LogP contribution in [0.5, 0.6) is 11.5 Å². The first-order valence-electron chi connectivity index (χ1n) is 6.88. The van der Waals surface area contributed by atoms with Crippen LogP contribution in [0.1, 0.15) is 23.4 Å². The fourth-order valence-electron chi connectivity index (χ4n) is 2.41. The topological polar surface area (TPSA) is 30.5 Å². The molecule has 1 unspecified atom stereocenters. The van der Waals surface area contributed by atoms with Gasteiger partial charge in [-0.05, 0) is 46.7 Å². The van der Waals surface area contributed by atoms with Crippen LogP contribution >= 0.6 is 27.3 Å². The highest BCUT2D eigenvalue weighted by Crippen LogP contribution is 2.37. The second-order valence-electron chi connectivity index (χ2n) is 4.60. The molecule has 0 saturated carbocycles. The summed E-state index contributed by atoms with van der Waals surface area (Å²) in [7, 11) is 3.39. The minimum atomic E-state index is 0.159. The van der Waals surface area contributed by atoms with Gasteiger partial charge in [0.05, 0.1) is 23.6 Å². The molecule has 0 bridgehead atoms. The van der Waals surface area contributed by atoms with Gasteiger partial charge in [0, 0.05) is 17.3 Å². The third-order valence-electron chi connectivity index (χ3n) is 3.30. The lowest BCUT2D eigenvalue weighted by Crippen LogP contribution is -2.23. The van der Waals surface area contributed by atoms with Crippen LogP contribution in [-0.2, 0) is 6.42 Å². The quantitative estimate of drug-likeness (QED) is 0.783. The summed E-state index contributed by atoms with van der Waals surface area (Å²) in [5.41, 5.74) is 1.08. The molecule has 3 nitrogen and oxygen atoms in total. The summed E-state index contributed by atoms with van der Waals surface area (Å²) in [6.45, 7) is 3.00. The lowest BCUT2D eigenvalue weighted by atomic mass is 10.0. The highest BCUT2D eigenvalue weighted by molar-refractivity contribution is 9.11. The zero-order valence-corrected chi connectivity index (χ0v) is 14.9. The molecule has 21 heavy (non-hydrogen) atoms. The first kappa shape index (κ1) is 16.3. The Labute approximate surface area is 138 Å². The molecule has 5 heteroatoms. The predicted octanol–water partition coefficient (Wildman–Crippen LogP) is 4.42. The summed E-state index contributed by atoms with van der Waals surface area (Å²) < 4.78 is 12.2. The Morgan fingerprint density at radius 3 is 2.29 bits per heavy atom. The first-order chi connectivity index (χ1) is 10.2. The van der Waals surface area contributed by atoms with Crippen molar-refractivity contribution in [1.82, 2.24) is 5.32 Å². The Bertz CT molecular complexity index is 563. The SMILES string of the molecule is CCNC(Cc1ccc(Br)s1)c1c(OC)cccc1OC. The van der Waals surface area contributed by atoms with E-state index in [1.165, 1.54) is 4.88 Å². The van der Waals surface area contributed by atoms with E-state index in [4.69, 9.17) is 9.47 Å². The third kappa shape index (κ3) is 3.99. The molecule has 0 fully saturated rings. The molecule has 0 aliphatic carbocycles. The van der Waals surface area contributed by atoms with E-state index >= 15 is 0 Å². The molecular formula is C16H20BrNO2S. The summed E-state index contributed by atoms with van der Waals surface area (Å²) in [6, 6.07) is 10.3. The molecule has 114 valence electrons. The van der Waals surface area contributed by atoms with Crippen molar-refractivity contribution in [2.45, 2.75) is 19.4 Å². The molecule has 1 N–H and O–H groups in total. The van der Waals surface area contributed by atoms with Crippen LogP contribution in [0.15, 0.2) is 34.1 Å². The molecule has 0 spiro atoms. The highest BCUT2D eigenvalue weighted by Gasteiger charge is 2.21. The summed E-state index contributed by atoms with van der Waals surface area (Å²) in [5, 5.41) is 3.54. The second kappa shape index (κ2) is 7.82. The maximum Gasteiger partial charge on any atom is 0.127 e. The van der Waals surface area contributed by atoms with E-state index in [1.807, 2.05) is 18.2 Å². The molecule has 1 aromatic heterocycles. The van der Waals surface area contributed by atoms with Crippen molar-refractivity contribution in [3.63, 3.8) is 0 Å². The van der Waals surface area contributed by atoms with E-state index in [9.17, 15) is 0 Å². The van der Waals surface area contributed by atoms with Gasteiger partial charge >= 0.3 is 0 Å². The van der Waals surface area contributed by atoms with Gasteiger partial charge in [0.15, 0.2) is 0 Å². The Morgan fingerprint density at radius 2 is 1.81 bits per heavy atom. The molecule has 0 aliphatic rings. The lowest BCUT2D eigenvalue weighted by Gasteiger charge is -2.22. The number of hydrogen-bond donors (Lipinski definition) is 1. The maximum absolute atomic E-state index is 5.53. The average Bonchev–Trinajstić information content (AvgIpc) is 2.91. The molecule has 0 aliphatic heterocycles. The monoisotopic (exact) mass is 369 g/mol. The number of rotatable bonds is 7. The summed E-state index contributed by atoms with van der Waals surface area (Å²) in [5.74, 6) is 1.71. The fraction of sp³-hybridized carbons (Fsp3) is 0.375. The third-order valence-corrected chi connectivity index (χ3v) is 4.95. The van der Waals surface area contributed by atoms with Gasteiger partial charge in [-0.25, -0.2) is 0 Å². The predicted molar refractivity (Wildman–Crippen MR) is 91.7 cm³/mol. The zero-order chi connectivity index (χ0) is 15.2. The number of benzene rings is 1.